The molecule has 0 spiro atoms. The first-order valence-electron chi connectivity index (χ1n) is 4.05. The van der Waals surface area contributed by atoms with Gasteiger partial charge in [0, 0.05) is 6.92 Å². The Kier molecular flexibility index (Phi) is 5.22. The highest BCUT2D eigenvalue weighted by molar-refractivity contribution is 8.14. The fourth-order valence-corrected chi connectivity index (χ4v) is 1.37. The predicted molar refractivity (Wildman–Crippen MR) is 53.0 cm³/mol. The summed E-state index contributed by atoms with van der Waals surface area (Å²) in [6.45, 7) is 4.27. The van der Waals surface area contributed by atoms with Crippen molar-refractivity contribution in [2.24, 2.45) is 0 Å². The minimum Gasteiger partial charge on any atom is -0.480 e. The Bertz CT molecular complexity index is 254. The normalized spacial score (nSPS) is 14.2. The molecule has 5 nitrogen and oxygen atoms in total. The largest absolute Gasteiger partial charge is 0.480 e. The summed E-state index contributed by atoms with van der Waals surface area (Å²) in [4.78, 5) is 32.3. The van der Waals surface area contributed by atoms with Crippen molar-refractivity contribution in [3.8, 4) is 0 Å². The molecule has 1 unspecified atom stereocenters. The second-order valence-corrected chi connectivity index (χ2v) is 4.34. The fraction of sp³-hybridized carbons (Fsp3) is 0.625. The summed E-state index contributed by atoms with van der Waals surface area (Å²) in [6, 6.07) is -0.933. The molecule has 0 aromatic rings. The molecule has 1 amide bonds. The standard InChI is InChI=1S/C8H13NO4S/c1-4(8(12)13)9-7(11)5(2)14-6(3)10/h4-5H,1-3H3,(H,9,11)(H,12,13)/t4-,5?/m0/s1. The van der Waals surface area contributed by atoms with Gasteiger partial charge < -0.3 is 10.4 Å². The first-order valence-corrected chi connectivity index (χ1v) is 4.93. The average molecular weight is 219 g/mol. The fourth-order valence-electron chi connectivity index (χ4n) is 0.695. The molecule has 0 radical (unpaired) electrons. The van der Waals surface area contributed by atoms with Crippen LogP contribution in [0, 0.1) is 0 Å². The Morgan fingerprint density at radius 3 is 2.14 bits per heavy atom. The van der Waals surface area contributed by atoms with E-state index in [1.54, 1.807) is 6.92 Å². The van der Waals surface area contributed by atoms with Gasteiger partial charge in [0.05, 0.1) is 5.25 Å². The number of carbonyl (C=O) groups is 3. The summed E-state index contributed by atoms with van der Waals surface area (Å²) < 4.78 is 0. The van der Waals surface area contributed by atoms with Crippen molar-refractivity contribution < 1.29 is 19.5 Å². The minimum absolute atomic E-state index is 0.171. The molecule has 0 fully saturated rings. The van der Waals surface area contributed by atoms with Crippen molar-refractivity contribution in [1.29, 1.82) is 0 Å². The summed E-state index contributed by atoms with van der Waals surface area (Å²) in [7, 11) is 0. The third-order valence-corrected chi connectivity index (χ3v) is 2.34. The van der Waals surface area contributed by atoms with Crippen LogP contribution in [0.4, 0.5) is 0 Å². The second kappa shape index (κ2) is 5.64. The smallest absolute Gasteiger partial charge is 0.325 e. The Hall–Kier alpha value is -1.04. The van der Waals surface area contributed by atoms with Gasteiger partial charge in [0.15, 0.2) is 5.12 Å². The van der Waals surface area contributed by atoms with Crippen LogP contribution in [-0.2, 0) is 14.4 Å². The lowest BCUT2D eigenvalue weighted by Gasteiger charge is -2.12. The van der Waals surface area contributed by atoms with Gasteiger partial charge >= 0.3 is 5.97 Å². The van der Waals surface area contributed by atoms with Gasteiger partial charge in [-0.05, 0) is 13.8 Å². The molecule has 2 atom stereocenters. The zero-order valence-corrected chi connectivity index (χ0v) is 9.05. The maximum atomic E-state index is 11.2. The first kappa shape index (κ1) is 13.0. The van der Waals surface area contributed by atoms with Crippen LogP contribution in [0.3, 0.4) is 0 Å². The van der Waals surface area contributed by atoms with Crippen LogP contribution < -0.4 is 5.32 Å². The SMILES string of the molecule is CC(=O)SC(C)C(=O)N[C@@H](C)C(=O)O. The quantitative estimate of drug-likeness (QED) is 0.707. The predicted octanol–water partition coefficient (Wildman–Crippen LogP) is 0.244. The van der Waals surface area contributed by atoms with Crippen molar-refractivity contribution in [3.05, 3.63) is 0 Å². The van der Waals surface area contributed by atoms with Gasteiger partial charge in [0.2, 0.25) is 5.91 Å². The minimum atomic E-state index is -1.10. The van der Waals surface area contributed by atoms with E-state index in [9.17, 15) is 14.4 Å². The number of carboxylic acid groups (broad SMARTS) is 1. The molecule has 0 aliphatic rings. The number of nitrogens with one attached hydrogen (secondary N) is 1. The van der Waals surface area contributed by atoms with E-state index in [1.165, 1.54) is 13.8 Å². The zero-order chi connectivity index (χ0) is 11.3. The number of amides is 1. The molecule has 0 aliphatic heterocycles. The Morgan fingerprint density at radius 2 is 1.79 bits per heavy atom. The highest BCUT2D eigenvalue weighted by Crippen LogP contribution is 2.10. The van der Waals surface area contributed by atoms with Crippen LogP contribution in [0.1, 0.15) is 20.8 Å². The second-order valence-electron chi connectivity index (χ2n) is 2.82. The monoisotopic (exact) mass is 219 g/mol. The van der Waals surface area contributed by atoms with E-state index in [-0.39, 0.29) is 5.12 Å². The van der Waals surface area contributed by atoms with Crippen molar-refractivity contribution in [3.63, 3.8) is 0 Å². The molecule has 2 N–H and O–H groups in total. The van der Waals surface area contributed by atoms with Crippen LogP contribution in [0.2, 0.25) is 0 Å². The number of rotatable bonds is 4. The molecule has 14 heavy (non-hydrogen) atoms. The summed E-state index contributed by atoms with van der Waals surface area (Å²) in [5, 5.41) is 10.0. The average Bonchev–Trinajstić information content (AvgIpc) is 2.02. The summed E-state index contributed by atoms with van der Waals surface area (Å²) in [6.07, 6.45) is 0. The van der Waals surface area contributed by atoms with Gasteiger partial charge in [-0.25, -0.2) is 0 Å². The Labute approximate surface area is 86.2 Å². The topological polar surface area (TPSA) is 83.5 Å². The number of hydrogen-bond donors (Lipinski definition) is 2. The van der Waals surface area contributed by atoms with E-state index in [1.807, 2.05) is 0 Å². The van der Waals surface area contributed by atoms with Crippen LogP contribution in [0.25, 0.3) is 0 Å². The third-order valence-electron chi connectivity index (χ3n) is 1.44. The van der Waals surface area contributed by atoms with Gasteiger partial charge in [-0.15, -0.1) is 0 Å². The molecular formula is C8H13NO4S. The van der Waals surface area contributed by atoms with E-state index in [0.717, 1.165) is 11.8 Å². The molecule has 0 heterocycles. The van der Waals surface area contributed by atoms with Crippen LogP contribution >= 0.6 is 11.8 Å². The molecular weight excluding hydrogens is 206 g/mol. The van der Waals surface area contributed by atoms with Crippen LogP contribution in [0.15, 0.2) is 0 Å². The van der Waals surface area contributed by atoms with E-state index < -0.39 is 23.2 Å². The lowest BCUT2D eigenvalue weighted by atomic mass is 10.3. The Morgan fingerprint density at radius 1 is 1.29 bits per heavy atom. The Balaban J connectivity index is 4.07. The summed E-state index contributed by atoms with van der Waals surface area (Å²) in [5.41, 5.74) is 0. The van der Waals surface area contributed by atoms with E-state index in [2.05, 4.69) is 5.32 Å². The number of aliphatic carboxylic acids is 1. The molecule has 6 heteroatoms. The van der Waals surface area contributed by atoms with E-state index in [0.29, 0.717) is 0 Å². The zero-order valence-electron chi connectivity index (χ0n) is 8.23. The van der Waals surface area contributed by atoms with E-state index >= 15 is 0 Å². The van der Waals surface area contributed by atoms with Gasteiger partial charge in [-0.3, -0.25) is 14.4 Å². The molecule has 0 saturated heterocycles. The number of thioether (sulfide) groups is 1. The molecule has 0 saturated carbocycles. The first-order chi connectivity index (χ1) is 6.34. The molecule has 80 valence electrons. The molecule has 0 aromatic heterocycles. The maximum absolute atomic E-state index is 11.2. The van der Waals surface area contributed by atoms with Crippen LogP contribution in [0.5, 0.6) is 0 Å². The van der Waals surface area contributed by atoms with Crippen molar-refractivity contribution in [2.45, 2.75) is 32.1 Å². The molecule has 0 aromatic carbocycles. The van der Waals surface area contributed by atoms with Gasteiger partial charge in [0.1, 0.15) is 6.04 Å². The molecule has 0 aliphatic carbocycles. The lowest BCUT2D eigenvalue weighted by molar-refractivity contribution is -0.141. The highest BCUT2D eigenvalue weighted by Gasteiger charge is 2.20. The van der Waals surface area contributed by atoms with Gasteiger partial charge in [0.25, 0.3) is 0 Å². The highest BCUT2D eigenvalue weighted by atomic mass is 32.2. The van der Waals surface area contributed by atoms with Gasteiger partial charge in [-0.1, -0.05) is 11.8 Å². The summed E-state index contributed by atoms with van der Waals surface area (Å²) in [5.74, 6) is -1.54. The van der Waals surface area contributed by atoms with Crippen molar-refractivity contribution in [1.82, 2.24) is 5.32 Å². The van der Waals surface area contributed by atoms with Crippen molar-refractivity contribution in [2.75, 3.05) is 0 Å². The van der Waals surface area contributed by atoms with E-state index in [4.69, 9.17) is 5.11 Å². The number of carbonyl (C=O) groups excluding carboxylic acids is 2. The lowest BCUT2D eigenvalue weighted by Crippen LogP contribution is -2.42. The van der Waals surface area contributed by atoms with Crippen LogP contribution in [-0.4, -0.2) is 33.4 Å². The maximum Gasteiger partial charge on any atom is 0.325 e. The summed E-state index contributed by atoms with van der Waals surface area (Å²) >= 11 is 0.872. The number of carboxylic acids is 1. The van der Waals surface area contributed by atoms with Gasteiger partial charge in [-0.2, -0.15) is 0 Å². The van der Waals surface area contributed by atoms with Crippen molar-refractivity contribution >= 4 is 28.8 Å². The molecule has 0 rings (SSSR count). The molecule has 0 bridgehead atoms. The third kappa shape index (κ3) is 4.86. The number of hydrogen-bond acceptors (Lipinski definition) is 4.